The van der Waals surface area contributed by atoms with Crippen molar-refractivity contribution in [3.05, 3.63) is 0 Å². The SMILES string of the molecule is CCC(CC(C)O)OC. The predicted octanol–water partition coefficient (Wildman–Crippen LogP) is 1.18. The van der Waals surface area contributed by atoms with Crippen molar-refractivity contribution in [3.8, 4) is 0 Å². The first-order chi connectivity index (χ1) is 4.20. The van der Waals surface area contributed by atoms with Crippen LogP contribution in [0.4, 0.5) is 0 Å². The van der Waals surface area contributed by atoms with Crippen LogP contribution >= 0.6 is 0 Å². The molecule has 1 N–H and O–H groups in total. The number of aliphatic hydroxyl groups is 1. The fraction of sp³-hybridized carbons (Fsp3) is 1.00. The topological polar surface area (TPSA) is 29.5 Å². The van der Waals surface area contributed by atoms with Crippen molar-refractivity contribution in [1.29, 1.82) is 0 Å². The first-order valence-corrected chi connectivity index (χ1v) is 3.41. The molecule has 0 aliphatic heterocycles. The second-order valence-electron chi connectivity index (χ2n) is 2.35. The lowest BCUT2D eigenvalue weighted by molar-refractivity contribution is 0.0495. The van der Waals surface area contributed by atoms with Crippen molar-refractivity contribution in [2.24, 2.45) is 0 Å². The van der Waals surface area contributed by atoms with Gasteiger partial charge in [0, 0.05) is 7.11 Å². The fourth-order valence-corrected chi connectivity index (χ4v) is 0.810. The maximum Gasteiger partial charge on any atom is 0.0593 e. The van der Waals surface area contributed by atoms with Crippen LogP contribution in [0.15, 0.2) is 0 Å². The van der Waals surface area contributed by atoms with Crippen LogP contribution in [0.25, 0.3) is 0 Å². The molecule has 2 unspecified atom stereocenters. The van der Waals surface area contributed by atoms with Crippen LogP contribution in [0.1, 0.15) is 26.7 Å². The van der Waals surface area contributed by atoms with Gasteiger partial charge in [0.1, 0.15) is 0 Å². The molecule has 0 saturated heterocycles. The van der Waals surface area contributed by atoms with E-state index in [0.717, 1.165) is 12.8 Å². The zero-order valence-electron chi connectivity index (χ0n) is 6.42. The Morgan fingerprint density at radius 1 is 1.56 bits per heavy atom. The first kappa shape index (κ1) is 8.92. The van der Waals surface area contributed by atoms with Gasteiger partial charge in [0.15, 0.2) is 0 Å². The van der Waals surface area contributed by atoms with Crippen LogP contribution in [0.2, 0.25) is 0 Å². The molecule has 0 rings (SSSR count). The number of aliphatic hydroxyl groups excluding tert-OH is 1. The Morgan fingerprint density at radius 3 is 2.22 bits per heavy atom. The minimum atomic E-state index is -0.241. The van der Waals surface area contributed by atoms with Gasteiger partial charge < -0.3 is 9.84 Å². The Labute approximate surface area is 56.8 Å². The summed E-state index contributed by atoms with van der Waals surface area (Å²) in [6.45, 7) is 3.83. The van der Waals surface area contributed by atoms with E-state index in [1.165, 1.54) is 0 Å². The molecule has 0 aromatic rings. The van der Waals surface area contributed by atoms with E-state index in [1.54, 1.807) is 14.0 Å². The third-order valence-corrected chi connectivity index (χ3v) is 1.39. The lowest BCUT2D eigenvalue weighted by Gasteiger charge is -2.13. The van der Waals surface area contributed by atoms with Gasteiger partial charge in [-0.25, -0.2) is 0 Å². The van der Waals surface area contributed by atoms with Gasteiger partial charge in [0.05, 0.1) is 12.2 Å². The van der Waals surface area contributed by atoms with E-state index in [4.69, 9.17) is 9.84 Å². The van der Waals surface area contributed by atoms with Gasteiger partial charge in [-0.15, -0.1) is 0 Å². The lowest BCUT2D eigenvalue weighted by Crippen LogP contribution is -2.16. The molecule has 2 nitrogen and oxygen atoms in total. The van der Waals surface area contributed by atoms with Gasteiger partial charge in [0.2, 0.25) is 0 Å². The van der Waals surface area contributed by atoms with Gasteiger partial charge >= 0.3 is 0 Å². The smallest absolute Gasteiger partial charge is 0.0593 e. The molecule has 0 bridgehead atoms. The van der Waals surface area contributed by atoms with Gasteiger partial charge in [-0.2, -0.15) is 0 Å². The minimum Gasteiger partial charge on any atom is -0.393 e. The van der Waals surface area contributed by atoms with Crippen LogP contribution in [-0.2, 0) is 4.74 Å². The fourth-order valence-electron chi connectivity index (χ4n) is 0.810. The van der Waals surface area contributed by atoms with Gasteiger partial charge in [0.25, 0.3) is 0 Å². The summed E-state index contributed by atoms with van der Waals surface area (Å²) in [5, 5.41) is 8.91. The molecule has 0 saturated carbocycles. The summed E-state index contributed by atoms with van der Waals surface area (Å²) in [7, 11) is 1.68. The van der Waals surface area contributed by atoms with E-state index < -0.39 is 0 Å². The standard InChI is InChI=1S/C7H16O2/c1-4-7(9-3)5-6(2)8/h6-8H,4-5H2,1-3H3. The Bertz CT molecular complexity index is 57.9. The summed E-state index contributed by atoms with van der Waals surface area (Å²) in [6.07, 6.45) is 1.70. The first-order valence-electron chi connectivity index (χ1n) is 3.41. The van der Waals surface area contributed by atoms with Crippen molar-refractivity contribution in [1.82, 2.24) is 0 Å². The van der Waals surface area contributed by atoms with Crippen LogP contribution in [0, 0.1) is 0 Å². The van der Waals surface area contributed by atoms with Crippen LogP contribution in [-0.4, -0.2) is 24.4 Å². The van der Waals surface area contributed by atoms with Gasteiger partial charge in [-0.1, -0.05) is 6.92 Å². The zero-order valence-corrected chi connectivity index (χ0v) is 6.42. The van der Waals surface area contributed by atoms with E-state index in [9.17, 15) is 0 Å². The molecule has 0 fully saturated rings. The third-order valence-electron chi connectivity index (χ3n) is 1.39. The summed E-state index contributed by atoms with van der Waals surface area (Å²) in [5.41, 5.74) is 0. The quantitative estimate of drug-likeness (QED) is 0.622. The normalized spacial score (nSPS) is 17.3. The van der Waals surface area contributed by atoms with Crippen LogP contribution in [0.5, 0.6) is 0 Å². The summed E-state index contributed by atoms with van der Waals surface area (Å²) in [4.78, 5) is 0. The number of ether oxygens (including phenoxy) is 1. The second kappa shape index (κ2) is 4.77. The monoisotopic (exact) mass is 132 g/mol. The average Bonchev–Trinajstić information content (AvgIpc) is 1.82. The maximum atomic E-state index is 8.91. The second-order valence-corrected chi connectivity index (χ2v) is 2.35. The molecule has 0 aliphatic carbocycles. The molecule has 0 aliphatic rings. The van der Waals surface area contributed by atoms with Crippen molar-refractivity contribution in [3.63, 3.8) is 0 Å². The highest BCUT2D eigenvalue weighted by molar-refractivity contribution is 4.58. The summed E-state index contributed by atoms with van der Waals surface area (Å²) < 4.78 is 5.05. The van der Waals surface area contributed by atoms with Gasteiger partial charge in [-0.3, -0.25) is 0 Å². The summed E-state index contributed by atoms with van der Waals surface area (Å²) >= 11 is 0. The highest BCUT2D eigenvalue weighted by atomic mass is 16.5. The van der Waals surface area contributed by atoms with Crippen molar-refractivity contribution in [2.75, 3.05) is 7.11 Å². The van der Waals surface area contributed by atoms with Crippen molar-refractivity contribution >= 4 is 0 Å². The largest absolute Gasteiger partial charge is 0.393 e. The summed E-state index contributed by atoms with van der Waals surface area (Å²) in [5.74, 6) is 0. The molecule has 0 aromatic carbocycles. The highest BCUT2D eigenvalue weighted by Crippen LogP contribution is 2.04. The Balaban J connectivity index is 3.31. The highest BCUT2D eigenvalue weighted by Gasteiger charge is 2.06. The molecule has 0 radical (unpaired) electrons. The number of hydrogen-bond donors (Lipinski definition) is 1. The molecule has 2 atom stereocenters. The van der Waals surface area contributed by atoms with Crippen LogP contribution < -0.4 is 0 Å². The van der Waals surface area contributed by atoms with E-state index in [1.807, 2.05) is 0 Å². The van der Waals surface area contributed by atoms with E-state index in [2.05, 4.69) is 6.92 Å². The molecule has 9 heavy (non-hydrogen) atoms. The van der Waals surface area contributed by atoms with Crippen molar-refractivity contribution < 1.29 is 9.84 Å². The predicted molar refractivity (Wildman–Crippen MR) is 37.4 cm³/mol. The number of methoxy groups -OCH3 is 1. The molecule has 0 heterocycles. The number of rotatable bonds is 4. The minimum absolute atomic E-state index is 0.227. The van der Waals surface area contributed by atoms with E-state index in [-0.39, 0.29) is 12.2 Å². The van der Waals surface area contributed by atoms with Crippen LogP contribution in [0.3, 0.4) is 0 Å². The van der Waals surface area contributed by atoms with E-state index >= 15 is 0 Å². The molecular weight excluding hydrogens is 116 g/mol. The maximum absolute atomic E-state index is 8.91. The Kier molecular flexibility index (Phi) is 4.72. The Hall–Kier alpha value is -0.0800. The molecule has 0 aromatic heterocycles. The average molecular weight is 132 g/mol. The number of hydrogen-bond acceptors (Lipinski definition) is 2. The molecular formula is C7H16O2. The van der Waals surface area contributed by atoms with E-state index in [0.29, 0.717) is 0 Å². The third kappa shape index (κ3) is 4.43. The summed E-state index contributed by atoms with van der Waals surface area (Å²) in [6, 6.07) is 0. The molecule has 56 valence electrons. The molecule has 2 heteroatoms. The molecule has 0 amide bonds. The zero-order chi connectivity index (χ0) is 7.28. The Morgan fingerprint density at radius 2 is 2.11 bits per heavy atom. The lowest BCUT2D eigenvalue weighted by atomic mass is 10.1. The molecule has 0 spiro atoms. The van der Waals surface area contributed by atoms with Crippen molar-refractivity contribution in [2.45, 2.75) is 38.9 Å². The van der Waals surface area contributed by atoms with Gasteiger partial charge in [-0.05, 0) is 19.8 Å².